The lowest BCUT2D eigenvalue weighted by atomic mass is 9.95. The van der Waals surface area contributed by atoms with Crippen molar-refractivity contribution in [2.24, 2.45) is 0 Å². The molecule has 1 aromatic rings. The second-order valence-corrected chi connectivity index (χ2v) is 8.94. The van der Waals surface area contributed by atoms with Crippen molar-refractivity contribution in [3.63, 3.8) is 0 Å². The highest BCUT2D eigenvalue weighted by Crippen LogP contribution is 2.33. The molecule has 4 nitrogen and oxygen atoms in total. The zero-order valence-corrected chi connectivity index (χ0v) is 17.5. The standard InChI is InChI=1S/C20H23ClN2O2S2/c21-16-10-5-4-7-14(16)13-17-19(25)23(20(26)27-17)12-6-11-18(24)22-15-8-2-1-3-9-15/h4-5,7,10,13,15H,1-3,6,8-9,11-12H2,(H,22,24). The van der Waals surface area contributed by atoms with Gasteiger partial charge in [-0.25, -0.2) is 0 Å². The summed E-state index contributed by atoms with van der Waals surface area (Å²) in [6.07, 6.45) is 8.60. The van der Waals surface area contributed by atoms with Crippen LogP contribution in [0.1, 0.15) is 50.5 Å². The molecule has 1 aliphatic carbocycles. The zero-order chi connectivity index (χ0) is 19.2. The second kappa shape index (κ2) is 9.71. The first-order valence-electron chi connectivity index (χ1n) is 9.34. The lowest BCUT2D eigenvalue weighted by Gasteiger charge is -2.23. The van der Waals surface area contributed by atoms with E-state index in [2.05, 4.69) is 5.32 Å². The van der Waals surface area contributed by atoms with Crippen LogP contribution in [0.3, 0.4) is 0 Å². The number of halogens is 1. The van der Waals surface area contributed by atoms with E-state index in [1.807, 2.05) is 18.2 Å². The number of carbonyl (C=O) groups excluding carboxylic acids is 2. The van der Waals surface area contributed by atoms with Gasteiger partial charge in [0, 0.05) is 24.0 Å². The van der Waals surface area contributed by atoms with Crippen LogP contribution < -0.4 is 5.32 Å². The Bertz CT molecular complexity index is 760. The maximum Gasteiger partial charge on any atom is 0.266 e. The van der Waals surface area contributed by atoms with Crippen molar-refractivity contribution >= 4 is 57.8 Å². The van der Waals surface area contributed by atoms with Crippen LogP contribution in [-0.2, 0) is 9.59 Å². The van der Waals surface area contributed by atoms with Crippen molar-refractivity contribution in [3.05, 3.63) is 39.8 Å². The molecule has 1 heterocycles. The predicted molar refractivity (Wildman–Crippen MR) is 116 cm³/mol. The van der Waals surface area contributed by atoms with E-state index in [9.17, 15) is 9.59 Å². The Labute approximate surface area is 174 Å². The van der Waals surface area contributed by atoms with Crippen molar-refractivity contribution in [1.29, 1.82) is 0 Å². The van der Waals surface area contributed by atoms with E-state index in [0.717, 1.165) is 18.4 Å². The molecular weight excluding hydrogens is 400 g/mol. The van der Waals surface area contributed by atoms with Crippen molar-refractivity contribution in [2.75, 3.05) is 6.54 Å². The fourth-order valence-electron chi connectivity index (χ4n) is 3.37. The van der Waals surface area contributed by atoms with Crippen LogP contribution in [0.4, 0.5) is 0 Å². The highest BCUT2D eigenvalue weighted by molar-refractivity contribution is 8.26. The number of thiocarbonyl (C=S) groups is 1. The molecule has 1 aliphatic heterocycles. The van der Waals surface area contributed by atoms with E-state index in [1.54, 1.807) is 17.0 Å². The Balaban J connectivity index is 1.50. The summed E-state index contributed by atoms with van der Waals surface area (Å²) in [5, 5.41) is 3.71. The van der Waals surface area contributed by atoms with Crippen molar-refractivity contribution in [2.45, 2.75) is 51.0 Å². The maximum atomic E-state index is 12.6. The number of hydrogen-bond acceptors (Lipinski definition) is 4. The van der Waals surface area contributed by atoms with Gasteiger partial charge in [0.25, 0.3) is 5.91 Å². The summed E-state index contributed by atoms with van der Waals surface area (Å²) in [6.45, 7) is 0.461. The third-order valence-electron chi connectivity index (χ3n) is 4.82. The molecule has 0 bridgehead atoms. The summed E-state index contributed by atoms with van der Waals surface area (Å²) in [5.74, 6) is -0.0449. The van der Waals surface area contributed by atoms with Crippen LogP contribution in [0.15, 0.2) is 29.2 Å². The fraction of sp³-hybridized carbons (Fsp3) is 0.450. The molecular formula is C20H23ClN2O2S2. The highest BCUT2D eigenvalue weighted by atomic mass is 35.5. The van der Waals surface area contributed by atoms with Crippen molar-refractivity contribution < 1.29 is 9.59 Å². The first-order valence-corrected chi connectivity index (χ1v) is 10.9. The number of nitrogens with zero attached hydrogens (tertiary/aromatic N) is 1. The third-order valence-corrected chi connectivity index (χ3v) is 6.54. The van der Waals surface area contributed by atoms with E-state index in [4.69, 9.17) is 23.8 Å². The number of nitrogens with one attached hydrogen (secondary N) is 1. The van der Waals surface area contributed by atoms with Gasteiger partial charge in [-0.3, -0.25) is 14.5 Å². The van der Waals surface area contributed by atoms with Crippen LogP contribution in [0.5, 0.6) is 0 Å². The molecule has 7 heteroatoms. The fourth-order valence-corrected chi connectivity index (χ4v) is 4.86. The quantitative estimate of drug-likeness (QED) is 0.530. The first kappa shape index (κ1) is 20.4. The van der Waals surface area contributed by atoms with Crippen molar-refractivity contribution in [1.82, 2.24) is 10.2 Å². The average Bonchev–Trinajstić information content (AvgIpc) is 2.92. The molecule has 0 aromatic heterocycles. The summed E-state index contributed by atoms with van der Waals surface area (Å²) >= 11 is 12.8. The molecule has 144 valence electrons. The Hall–Kier alpha value is -1.37. The lowest BCUT2D eigenvalue weighted by Crippen LogP contribution is -2.36. The molecule has 0 radical (unpaired) electrons. The Morgan fingerprint density at radius 1 is 1.30 bits per heavy atom. The molecule has 1 saturated heterocycles. The van der Waals surface area contributed by atoms with Gasteiger partial charge in [0.2, 0.25) is 5.91 Å². The number of benzene rings is 1. The van der Waals surface area contributed by atoms with E-state index in [0.29, 0.717) is 39.7 Å². The van der Waals surface area contributed by atoms with Gasteiger partial charge >= 0.3 is 0 Å². The summed E-state index contributed by atoms with van der Waals surface area (Å²) in [7, 11) is 0. The van der Waals surface area contributed by atoms with Crippen LogP contribution >= 0.6 is 35.6 Å². The Morgan fingerprint density at radius 3 is 2.78 bits per heavy atom. The molecule has 1 aromatic carbocycles. The summed E-state index contributed by atoms with van der Waals surface area (Å²) in [4.78, 5) is 26.9. The summed E-state index contributed by atoms with van der Waals surface area (Å²) in [5.41, 5.74) is 0.798. The molecule has 2 fully saturated rings. The average molecular weight is 423 g/mol. The lowest BCUT2D eigenvalue weighted by molar-refractivity contribution is -0.124. The zero-order valence-electron chi connectivity index (χ0n) is 15.1. The van der Waals surface area contributed by atoms with Gasteiger partial charge in [-0.2, -0.15) is 0 Å². The molecule has 3 rings (SSSR count). The van der Waals surface area contributed by atoms with Crippen LogP contribution in [0.25, 0.3) is 6.08 Å². The number of rotatable bonds is 6. The molecule has 0 atom stereocenters. The minimum absolute atomic E-state index is 0.0685. The van der Waals surface area contributed by atoms with Gasteiger partial charge in [-0.15, -0.1) is 0 Å². The Morgan fingerprint density at radius 2 is 2.04 bits per heavy atom. The van der Waals surface area contributed by atoms with Gasteiger partial charge < -0.3 is 5.32 Å². The van der Waals surface area contributed by atoms with E-state index in [1.165, 1.54) is 31.0 Å². The normalized spacial score (nSPS) is 19.7. The summed E-state index contributed by atoms with van der Waals surface area (Å²) in [6, 6.07) is 7.71. The first-order chi connectivity index (χ1) is 13.0. The molecule has 0 unspecified atom stereocenters. The molecule has 1 N–H and O–H groups in total. The smallest absolute Gasteiger partial charge is 0.266 e. The van der Waals surface area contributed by atoms with Gasteiger partial charge in [-0.05, 0) is 37.0 Å². The van der Waals surface area contributed by atoms with E-state index >= 15 is 0 Å². The van der Waals surface area contributed by atoms with E-state index < -0.39 is 0 Å². The molecule has 2 aliphatic rings. The Kier molecular flexibility index (Phi) is 7.33. The third kappa shape index (κ3) is 5.56. The number of carbonyl (C=O) groups is 2. The van der Waals surface area contributed by atoms with Crippen molar-refractivity contribution in [3.8, 4) is 0 Å². The van der Waals surface area contributed by atoms with Gasteiger partial charge in [0.05, 0.1) is 4.91 Å². The monoisotopic (exact) mass is 422 g/mol. The molecule has 0 spiro atoms. The van der Waals surface area contributed by atoms with Gasteiger partial charge in [0.1, 0.15) is 4.32 Å². The molecule has 2 amide bonds. The predicted octanol–water partition coefficient (Wildman–Crippen LogP) is 4.77. The minimum atomic E-state index is -0.113. The minimum Gasteiger partial charge on any atom is -0.353 e. The SMILES string of the molecule is O=C(CCCN1C(=O)C(=Cc2ccccc2Cl)SC1=S)NC1CCCCC1. The molecule has 27 heavy (non-hydrogen) atoms. The van der Waals surface area contributed by atoms with Gasteiger partial charge in [0.15, 0.2) is 0 Å². The van der Waals surface area contributed by atoms with Gasteiger partial charge in [-0.1, -0.05) is 73.0 Å². The number of amides is 2. The highest BCUT2D eigenvalue weighted by Gasteiger charge is 2.31. The number of hydrogen-bond donors (Lipinski definition) is 1. The maximum absolute atomic E-state index is 12.6. The largest absolute Gasteiger partial charge is 0.353 e. The van der Waals surface area contributed by atoms with Crippen LogP contribution in [0, 0.1) is 0 Å². The van der Waals surface area contributed by atoms with E-state index in [-0.39, 0.29) is 11.8 Å². The number of thioether (sulfide) groups is 1. The van der Waals surface area contributed by atoms with Crippen LogP contribution in [-0.4, -0.2) is 33.6 Å². The van der Waals surface area contributed by atoms with Crippen LogP contribution in [0.2, 0.25) is 5.02 Å². The topological polar surface area (TPSA) is 49.4 Å². The summed E-state index contributed by atoms with van der Waals surface area (Å²) < 4.78 is 0.533. The second-order valence-electron chi connectivity index (χ2n) is 6.86. The molecule has 1 saturated carbocycles.